The van der Waals surface area contributed by atoms with Crippen molar-refractivity contribution < 1.29 is 14.3 Å². The van der Waals surface area contributed by atoms with Gasteiger partial charge in [0.2, 0.25) is 0 Å². The summed E-state index contributed by atoms with van der Waals surface area (Å²) in [6, 6.07) is 10.4. The molecular weight excluding hydrogens is 306 g/mol. The lowest BCUT2D eigenvalue weighted by Gasteiger charge is -2.23. The van der Waals surface area contributed by atoms with Crippen molar-refractivity contribution in [1.82, 2.24) is 10.6 Å². The number of urea groups is 1. The van der Waals surface area contributed by atoms with Crippen LogP contribution in [0.4, 0.5) is 4.79 Å². The number of nitriles is 1. The SMILES string of the molecule is Cc1cc([C@](C)(O)CNC(=O)NCc2cccc(C#N)c2)c(C)o1. The molecular formula is C18H21N3O3. The van der Waals surface area contributed by atoms with Gasteiger partial charge in [-0.05, 0) is 44.5 Å². The molecule has 0 aliphatic heterocycles. The van der Waals surface area contributed by atoms with E-state index in [1.165, 1.54) is 0 Å². The average Bonchev–Trinajstić information content (AvgIpc) is 2.90. The molecule has 0 bridgehead atoms. The fourth-order valence-corrected chi connectivity index (χ4v) is 2.51. The van der Waals surface area contributed by atoms with Gasteiger partial charge in [0, 0.05) is 12.1 Å². The van der Waals surface area contributed by atoms with Gasteiger partial charge in [-0.1, -0.05) is 12.1 Å². The number of hydrogen-bond acceptors (Lipinski definition) is 4. The molecule has 126 valence electrons. The first-order valence-corrected chi connectivity index (χ1v) is 7.62. The Labute approximate surface area is 141 Å². The van der Waals surface area contributed by atoms with Crippen LogP contribution in [-0.2, 0) is 12.1 Å². The molecule has 1 atom stereocenters. The predicted octanol–water partition coefficient (Wildman–Crippen LogP) is 2.48. The highest BCUT2D eigenvalue weighted by Crippen LogP contribution is 2.26. The number of carbonyl (C=O) groups is 1. The number of aryl methyl sites for hydroxylation is 2. The van der Waals surface area contributed by atoms with Gasteiger partial charge in [-0.2, -0.15) is 5.26 Å². The average molecular weight is 327 g/mol. The van der Waals surface area contributed by atoms with E-state index in [0.717, 1.165) is 5.56 Å². The van der Waals surface area contributed by atoms with Gasteiger partial charge < -0.3 is 20.2 Å². The number of hydrogen-bond donors (Lipinski definition) is 3. The lowest BCUT2D eigenvalue weighted by molar-refractivity contribution is 0.0579. The van der Waals surface area contributed by atoms with Crippen molar-refractivity contribution in [3.8, 4) is 6.07 Å². The van der Waals surface area contributed by atoms with Crippen LogP contribution in [-0.4, -0.2) is 17.7 Å². The third-order valence-corrected chi connectivity index (χ3v) is 3.72. The van der Waals surface area contributed by atoms with E-state index in [1.807, 2.05) is 13.0 Å². The highest BCUT2D eigenvalue weighted by atomic mass is 16.3. The quantitative estimate of drug-likeness (QED) is 0.785. The van der Waals surface area contributed by atoms with Crippen molar-refractivity contribution >= 4 is 6.03 Å². The minimum atomic E-state index is -1.22. The van der Waals surface area contributed by atoms with Gasteiger partial charge in [0.1, 0.15) is 17.1 Å². The summed E-state index contributed by atoms with van der Waals surface area (Å²) in [4.78, 5) is 11.9. The Hall–Kier alpha value is -2.78. The second-order valence-corrected chi connectivity index (χ2v) is 5.95. The molecule has 2 rings (SSSR count). The molecule has 0 fully saturated rings. The fraction of sp³-hybridized carbons (Fsp3) is 0.333. The molecule has 1 aromatic carbocycles. The molecule has 24 heavy (non-hydrogen) atoms. The number of amides is 2. The van der Waals surface area contributed by atoms with Crippen molar-refractivity contribution in [2.24, 2.45) is 0 Å². The zero-order chi connectivity index (χ0) is 17.7. The first-order valence-electron chi connectivity index (χ1n) is 7.62. The lowest BCUT2D eigenvalue weighted by atomic mass is 9.96. The first-order chi connectivity index (χ1) is 11.3. The normalized spacial score (nSPS) is 13.0. The largest absolute Gasteiger partial charge is 0.466 e. The summed E-state index contributed by atoms with van der Waals surface area (Å²) in [6.07, 6.45) is 0. The summed E-state index contributed by atoms with van der Waals surface area (Å²) in [5, 5.41) is 24.8. The highest BCUT2D eigenvalue weighted by molar-refractivity contribution is 5.74. The summed E-state index contributed by atoms with van der Waals surface area (Å²) >= 11 is 0. The highest BCUT2D eigenvalue weighted by Gasteiger charge is 2.28. The van der Waals surface area contributed by atoms with E-state index in [0.29, 0.717) is 29.2 Å². The van der Waals surface area contributed by atoms with Crippen LogP contribution in [0.5, 0.6) is 0 Å². The number of rotatable bonds is 5. The van der Waals surface area contributed by atoms with Gasteiger partial charge in [0.15, 0.2) is 0 Å². The van der Waals surface area contributed by atoms with Gasteiger partial charge >= 0.3 is 6.03 Å². The smallest absolute Gasteiger partial charge is 0.315 e. The second-order valence-electron chi connectivity index (χ2n) is 5.95. The molecule has 0 saturated carbocycles. The van der Waals surface area contributed by atoms with E-state index in [2.05, 4.69) is 16.7 Å². The zero-order valence-corrected chi connectivity index (χ0v) is 14.0. The number of furan rings is 1. The molecule has 6 heteroatoms. The Kier molecular flexibility index (Phi) is 5.27. The maximum absolute atomic E-state index is 11.9. The molecule has 2 amide bonds. The fourth-order valence-electron chi connectivity index (χ4n) is 2.51. The van der Waals surface area contributed by atoms with E-state index in [4.69, 9.17) is 9.68 Å². The molecule has 0 aliphatic carbocycles. The number of nitrogens with zero attached hydrogens (tertiary/aromatic N) is 1. The van der Waals surface area contributed by atoms with Gasteiger partial charge in [0.25, 0.3) is 0 Å². The summed E-state index contributed by atoms with van der Waals surface area (Å²) < 4.78 is 5.42. The maximum atomic E-state index is 11.9. The first kappa shape index (κ1) is 17.6. The monoisotopic (exact) mass is 327 g/mol. The van der Waals surface area contributed by atoms with E-state index in [9.17, 15) is 9.90 Å². The van der Waals surface area contributed by atoms with Crippen molar-refractivity contribution in [2.45, 2.75) is 32.9 Å². The predicted molar refractivity (Wildman–Crippen MR) is 89.1 cm³/mol. The van der Waals surface area contributed by atoms with Crippen molar-refractivity contribution in [1.29, 1.82) is 5.26 Å². The van der Waals surface area contributed by atoms with Crippen LogP contribution in [0.25, 0.3) is 0 Å². The molecule has 0 radical (unpaired) electrons. The number of benzene rings is 1. The van der Waals surface area contributed by atoms with Crippen LogP contribution < -0.4 is 10.6 Å². The summed E-state index contributed by atoms with van der Waals surface area (Å²) in [7, 11) is 0. The van der Waals surface area contributed by atoms with Crippen LogP contribution in [0, 0.1) is 25.2 Å². The van der Waals surface area contributed by atoms with Gasteiger partial charge in [-0.15, -0.1) is 0 Å². The summed E-state index contributed by atoms with van der Waals surface area (Å²) in [5.41, 5.74) is 0.808. The van der Waals surface area contributed by atoms with E-state index >= 15 is 0 Å². The Bertz CT molecular complexity index is 772. The van der Waals surface area contributed by atoms with Crippen molar-refractivity contribution in [3.05, 3.63) is 58.5 Å². The topological polar surface area (TPSA) is 98.3 Å². The van der Waals surface area contributed by atoms with Crippen LogP contribution in [0.3, 0.4) is 0 Å². The molecule has 0 saturated heterocycles. The summed E-state index contributed by atoms with van der Waals surface area (Å²) in [6.45, 7) is 5.56. The Balaban J connectivity index is 1.88. The zero-order valence-electron chi connectivity index (χ0n) is 14.0. The van der Waals surface area contributed by atoms with Crippen LogP contribution in [0.2, 0.25) is 0 Å². The standard InChI is InChI=1S/C18H21N3O3/c1-12-7-16(13(2)24-12)18(3,23)11-21-17(22)20-10-15-6-4-5-14(8-15)9-19/h4-8,23H,10-11H2,1-3H3,(H2,20,21,22)/t18-/m1/s1. The molecule has 0 unspecified atom stereocenters. The molecule has 3 N–H and O–H groups in total. The van der Waals surface area contributed by atoms with E-state index < -0.39 is 11.6 Å². The Morgan fingerprint density at radius 1 is 1.33 bits per heavy atom. The molecule has 0 spiro atoms. The minimum absolute atomic E-state index is 0.0525. The third-order valence-electron chi connectivity index (χ3n) is 3.72. The molecule has 1 heterocycles. The second kappa shape index (κ2) is 7.20. The van der Waals surface area contributed by atoms with Crippen LogP contribution in [0.15, 0.2) is 34.7 Å². The van der Waals surface area contributed by atoms with Crippen LogP contribution >= 0.6 is 0 Å². The molecule has 6 nitrogen and oxygen atoms in total. The van der Waals surface area contributed by atoms with E-state index in [1.54, 1.807) is 38.1 Å². The minimum Gasteiger partial charge on any atom is -0.466 e. The third kappa shape index (κ3) is 4.37. The van der Waals surface area contributed by atoms with Gasteiger partial charge in [0.05, 0.1) is 18.2 Å². The van der Waals surface area contributed by atoms with Crippen molar-refractivity contribution in [2.75, 3.05) is 6.54 Å². The molecule has 0 aliphatic rings. The molecule has 2 aromatic rings. The van der Waals surface area contributed by atoms with Crippen molar-refractivity contribution in [3.63, 3.8) is 0 Å². The van der Waals surface area contributed by atoms with Gasteiger partial charge in [-0.3, -0.25) is 0 Å². The van der Waals surface area contributed by atoms with Gasteiger partial charge in [-0.25, -0.2) is 4.79 Å². The summed E-state index contributed by atoms with van der Waals surface area (Å²) in [5.74, 6) is 1.35. The number of aliphatic hydroxyl groups is 1. The number of nitrogens with one attached hydrogen (secondary N) is 2. The lowest BCUT2D eigenvalue weighted by Crippen LogP contribution is -2.43. The van der Waals surface area contributed by atoms with E-state index in [-0.39, 0.29) is 6.54 Å². The number of carbonyl (C=O) groups excluding carboxylic acids is 1. The van der Waals surface area contributed by atoms with Crippen LogP contribution in [0.1, 0.15) is 35.1 Å². The molecule has 1 aromatic heterocycles. The Morgan fingerprint density at radius 2 is 2.08 bits per heavy atom. The maximum Gasteiger partial charge on any atom is 0.315 e. The Morgan fingerprint density at radius 3 is 2.71 bits per heavy atom.